The standard InChI is InChI=1S/C8H19NO2/c1-5(7(3)10)9-6(2)8(4)11/h5-11H,1-4H3/t5-,6-,7+,8+/m0/s1. The van der Waals surface area contributed by atoms with E-state index in [1.54, 1.807) is 13.8 Å². The Morgan fingerprint density at radius 1 is 0.818 bits per heavy atom. The first-order valence-corrected chi connectivity index (χ1v) is 4.07. The van der Waals surface area contributed by atoms with Gasteiger partial charge >= 0.3 is 0 Å². The van der Waals surface area contributed by atoms with Crippen molar-refractivity contribution in [2.75, 3.05) is 0 Å². The van der Waals surface area contributed by atoms with Gasteiger partial charge in [-0.15, -0.1) is 0 Å². The molecule has 3 nitrogen and oxygen atoms in total. The Balaban J connectivity index is 3.66. The maximum absolute atomic E-state index is 9.11. The molecule has 0 aromatic heterocycles. The lowest BCUT2D eigenvalue weighted by Crippen LogP contribution is -2.45. The van der Waals surface area contributed by atoms with Gasteiger partial charge in [-0.25, -0.2) is 0 Å². The molecule has 0 aliphatic rings. The summed E-state index contributed by atoms with van der Waals surface area (Å²) in [5.74, 6) is 0. The van der Waals surface area contributed by atoms with E-state index in [0.29, 0.717) is 0 Å². The van der Waals surface area contributed by atoms with Crippen molar-refractivity contribution in [1.82, 2.24) is 5.32 Å². The van der Waals surface area contributed by atoms with Gasteiger partial charge in [-0.3, -0.25) is 0 Å². The van der Waals surface area contributed by atoms with Crippen LogP contribution in [0.2, 0.25) is 0 Å². The summed E-state index contributed by atoms with van der Waals surface area (Å²) in [4.78, 5) is 0. The zero-order valence-electron chi connectivity index (χ0n) is 7.70. The Kier molecular flexibility index (Phi) is 4.65. The molecule has 11 heavy (non-hydrogen) atoms. The molecule has 3 N–H and O–H groups in total. The zero-order chi connectivity index (χ0) is 9.02. The van der Waals surface area contributed by atoms with E-state index in [4.69, 9.17) is 10.2 Å². The summed E-state index contributed by atoms with van der Waals surface area (Å²) in [7, 11) is 0. The molecule has 0 aliphatic heterocycles. The van der Waals surface area contributed by atoms with Crippen LogP contribution in [-0.2, 0) is 0 Å². The fourth-order valence-corrected chi connectivity index (χ4v) is 0.693. The van der Waals surface area contributed by atoms with Crippen molar-refractivity contribution in [2.24, 2.45) is 0 Å². The summed E-state index contributed by atoms with van der Waals surface area (Å²) in [6, 6.07) is 0.0548. The predicted molar refractivity (Wildman–Crippen MR) is 45.4 cm³/mol. The Labute approximate surface area is 68.4 Å². The molecule has 0 aromatic rings. The van der Waals surface area contributed by atoms with Gasteiger partial charge in [0.15, 0.2) is 0 Å². The zero-order valence-corrected chi connectivity index (χ0v) is 7.70. The summed E-state index contributed by atoms with van der Waals surface area (Å²) < 4.78 is 0. The second kappa shape index (κ2) is 4.70. The minimum Gasteiger partial charge on any atom is -0.392 e. The molecule has 4 atom stereocenters. The molecule has 0 spiro atoms. The summed E-state index contributed by atoms with van der Waals surface area (Å²) in [6.45, 7) is 7.24. The quantitative estimate of drug-likeness (QED) is 0.548. The van der Waals surface area contributed by atoms with Gasteiger partial charge in [0, 0.05) is 12.1 Å². The van der Waals surface area contributed by atoms with E-state index >= 15 is 0 Å². The molecule has 0 heterocycles. The smallest absolute Gasteiger partial charge is 0.0662 e. The van der Waals surface area contributed by atoms with Crippen molar-refractivity contribution in [3.8, 4) is 0 Å². The molecule has 0 unspecified atom stereocenters. The van der Waals surface area contributed by atoms with Crippen LogP contribution in [0.1, 0.15) is 27.7 Å². The van der Waals surface area contributed by atoms with Gasteiger partial charge in [0.1, 0.15) is 0 Å². The van der Waals surface area contributed by atoms with Crippen molar-refractivity contribution in [1.29, 1.82) is 0 Å². The molecule has 0 saturated heterocycles. The number of aliphatic hydroxyl groups excluding tert-OH is 2. The van der Waals surface area contributed by atoms with Crippen LogP contribution in [0.3, 0.4) is 0 Å². The first kappa shape index (κ1) is 10.9. The van der Waals surface area contributed by atoms with E-state index in [-0.39, 0.29) is 24.3 Å². The van der Waals surface area contributed by atoms with Crippen molar-refractivity contribution in [2.45, 2.75) is 52.0 Å². The lowest BCUT2D eigenvalue weighted by Gasteiger charge is -2.23. The first-order valence-electron chi connectivity index (χ1n) is 4.07. The summed E-state index contributed by atoms with van der Waals surface area (Å²) in [5, 5.41) is 21.3. The molecule has 3 heteroatoms. The van der Waals surface area contributed by atoms with Crippen LogP contribution in [0.15, 0.2) is 0 Å². The van der Waals surface area contributed by atoms with Crippen molar-refractivity contribution in [3.63, 3.8) is 0 Å². The number of hydrogen-bond donors (Lipinski definition) is 3. The van der Waals surface area contributed by atoms with Crippen molar-refractivity contribution < 1.29 is 10.2 Å². The van der Waals surface area contributed by atoms with Crippen molar-refractivity contribution >= 4 is 0 Å². The summed E-state index contributed by atoms with van der Waals surface area (Å²) in [6.07, 6.45) is -0.757. The topological polar surface area (TPSA) is 52.5 Å². The van der Waals surface area contributed by atoms with Gasteiger partial charge in [0.25, 0.3) is 0 Å². The fraction of sp³-hybridized carbons (Fsp3) is 1.00. The second-order valence-corrected chi connectivity index (χ2v) is 3.23. The molecular formula is C8H19NO2. The number of nitrogens with one attached hydrogen (secondary N) is 1. The highest BCUT2D eigenvalue weighted by molar-refractivity contribution is 4.74. The Morgan fingerprint density at radius 3 is 1.27 bits per heavy atom. The SMILES string of the molecule is C[C@H](N[C@@H](C)[C@@H](C)O)[C@@H](C)O. The molecule has 0 rings (SSSR count). The third-order valence-electron chi connectivity index (χ3n) is 1.97. The third kappa shape index (κ3) is 4.35. The van der Waals surface area contributed by atoms with Gasteiger partial charge in [-0.2, -0.15) is 0 Å². The Morgan fingerprint density at radius 2 is 1.09 bits per heavy atom. The maximum Gasteiger partial charge on any atom is 0.0662 e. The molecular weight excluding hydrogens is 142 g/mol. The lowest BCUT2D eigenvalue weighted by molar-refractivity contribution is 0.109. The highest BCUT2D eigenvalue weighted by atomic mass is 16.3. The van der Waals surface area contributed by atoms with Crippen LogP contribution in [-0.4, -0.2) is 34.5 Å². The van der Waals surface area contributed by atoms with Gasteiger partial charge in [-0.05, 0) is 27.7 Å². The van der Waals surface area contributed by atoms with E-state index in [2.05, 4.69) is 5.32 Å². The number of rotatable bonds is 4. The largest absolute Gasteiger partial charge is 0.392 e. The van der Waals surface area contributed by atoms with Crippen LogP contribution < -0.4 is 5.32 Å². The van der Waals surface area contributed by atoms with E-state index in [1.807, 2.05) is 13.8 Å². The van der Waals surface area contributed by atoms with E-state index in [1.165, 1.54) is 0 Å². The van der Waals surface area contributed by atoms with Crippen LogP contribution >= 0.6 is 0 Å². The van der Waals surface area contributed by atoms with Crippen LogP contribution in [0.4, 0.5) is 0 Å². The number of hydrogen-bond acceptors (Lipinski definition) is 3. The summed E-state index contributed by atoms with van der Waals surface area (Å²) in [5.41, 5.74) is 0. The van der Waals surface area contributed by atoms with Crippen molar-refractivity contribution in [3.05, 3.63) is 0 Å². The normalized spacial score (nSPS) is 22.4. The molecule has 0 radical (unpaired) electrons. The molecule has 0 aliphatic carbocycles. The average Bonchev–Trinajstić information content (AvgIpc) is 1.87. The fourth-order valence-electron chi connectivity index (χ4n) is 0.693. The van der Waals surface area contributed by atoms with Gasteiger partial charge in [0.2, 0.25) is 0 Å². The van der Waals surface area contributed by atoms with E-state index < -0.39 is 0 Å². The minimum absolute atomic E-state index is 0.0274. The second-order valence-electron chi connectivity index (χ2n) is 3.23. The maximum atomic E-state index is 9.11. The average molecular weight is 161 g/mol. The van der Waals surface area contributed by atoms with Crippen LogP contribution in [0, 0.1) is 0 Å². The van der Waals surface area contributed by atoms with Gasteiger partial charge in [-0.1, -0.05) is 0 Å². The first-order chi connectivity index (χ1) is 4.95. The summed E-state index contributed by atoms with van der Waals surface area (Å²) >= 11 is 0. The lowest BCUT2D eigenvalue weighted by atomic mass is 10.1. The molecule has 0 saturated carbocycles. The monoisotopic (exact) mass is 161 g/mol. The minimum atomic E-state index is -0.379. The Hall–Kier alpha value is -0.120. The highest BCUT2D eigenvalue weighted by Gasteiger charge is 2.14. The van der Waals surface area contributed by atoms with Crippen LogP contribution in [0.25, 0.3) is 0 Å². The molecule has 0 amide bonds. The molecule has 68 valence electrons. The van der Waals surface area contributed by atoms with E-state index in [9.17, 15) is 0 Å². The Bertz CT molecular complexity index is 92.3. The molecule has 0 fully saturated rings. The predicted octanol–water partition coefficient (Wildman–Crippen LogP) is 0.115. The van der Waals surface area contributed by atoms with Gasteiger partial charge < -0.3 is 15.5 Å². The third-order valence-corrected chi connectivity index (χ3v) is 1.97. The van der Waals surface area contributed by atoms with Gasteiger partial charge in [0.05, 0.1) is 12.2 Å². The highest BCUT2D eigenvalue weighted by Crippen LogP contribution is 1.96. The molecule has 0 aromatic carbocycles. The molecule has 0 bridgehead atoms. The van der Waals surface area contributed by atoms with E-state index in [0.717, 1.165) is 0 Å². The number of aliphatic hydroxyl groups is 2. The van der Waals surface area contributed by atoms with Crippen LogP contribution in [0.5, 0.6) is 0 Å².